The minimum atomic E-state index is 0.331. The van der Waals surface area contributed by atoms with Crippen LogP contribution in [0.25, 0.3) is 16.9 Å². The molecule has 19 heavy (non-hydrogen) atoms. The number of hydrogen-bond acceptors (Lipinski definition) is 3. The van der Waals surface area contributed by atoms with Crippen LogP contribution in [0.5, 0.6) is 0 Å². The number of nitrogens with two attached hydrogens (primary N) is 1. The Morgan fingerprint density at radius 1 is 1.11 bits per heavy atom. The van der Waals surface area contributed by atoms with Crippen LogP contribution < -0.4 is 5.73 Å². The Kier molecular flexibility index (Phi) is 2.84. The fourth-order valence-corrected chi connectivity index (χ4v) is 2.33. The molecule has 3 aromatic rings. The number of benzene rings is 1. The van der Waals surface area contributed by atoms with Crippen molar-refractivity contribution in [3.8, 4) is 5.69 Å². The second-order valence-corrected chi connectivity index (χ2v) is 5.04. The molecular weight excluding hydrogens is 283 g/mol. The molecule has 0 radical (unpaired) electrons. The van der Waals surface area contributed by atoms with Crippen molar-refractivity contribution in [1.29, 1.82) is 0 Å². The summed E-state index contributed by atoms with van der Waals surface area (Å²) in [5.41, 5.74) is 8.91. The maximum atomic E-state index is 6.21. The van der Waals surface area contributed by atoms with Crippen LogP contribution in [0.1, 0.15) is 5.69 Å². The van der Waals surface area contributed by atoms with Crippen LogP contribution >= 0.6 is 23.2 Å². The zero-order chi connectivity index (χ0) is 13.6. The first-order valence-electron chi connectivity index (χ1n) is 5.63. The molecule has 4 nitrogen and oxygen atoms in total. The van der Waals surface area contributed by atoms with E-state index in [-0.39, 0.29) is 0 Å². The summed E-state index contributed by atoms with van der Waals surface area (Å²) in [6, 6.07) is 8.95. The van der Waals surface area contributed by atoms with E-state index in [4.69, 9.17) is 28.9 Å². The van der Waals surface area contributed by atoms with Gasteiger partial charge in [0.25, 0.3) is 0 Å². The summed E-state index contributed by atoms with van der Waals surface area (Å²) in [4.78, 5) is 8.74. The average molecular weight is 293 g/mol. The lowest BCUT2D eigenvalue weighted by atomic mass is 10.3. The fraction of sp³-hybridized carbons (Fsp3) is 0.0769. The molecule has 3 rings (SSSR count). The lowest BCUT2D eigenvalue weighted by molar-refractivity contribution is 1.07. The van der Waals surface area contributed by atoms with Crippen LogP contribution in [-0.4, -0.2) is 14.5 Å². The predicted octanol–water partition coefficient (Wildman–Crippen LogP) is 3.62. The molecule has 2 heterocycles. The zero-order valence-electron chi connectivity index (χ0n) is 10.1. The minimum absolute atomic E-state index is 0.331. The number of aromatic nitrogens is 3. The molecular formula is C13H10Cl2N4. The highest BCUT2D eigenvalue weighted by Crippen LogP contribution is 2.29. The van der Waals surface area contributed by atoms with Gasteiger partial charge in [-0.05, 0) is 37.3 Å². The van der Waals surface area contributed by atoms with E-state index in [0.717, 1.165) is 11.2 Å². The van der Waals surface area contributed by atoms with Crippen LogP contribution in [0.2, 0.25) is 10.0 Å². The van der Waals surface area contributed by atoms with E-state index in [1.165, 1.54) is 0 Å². The number of rotatable bonds is 1. The van der Waals surface area contributed by atoms with E-state index < -0.39 is 0 Å². The van der Waals surface area contributed by atoms with Crippen LogP contribution in [0.15, 0.2) is 30.3 Å². The van der Waals surface area contributed by atoms with Crippen LogP contribution in [0, 0.1) is 6.92 Å². The summed E-state index contributed by atoms with van der Waals surface area (Å²) < 4.78 is 1.70. The smallest absolute Gasteiger partial charge is 0.207 e. The lowest BCUT2D eigenvalue weighted by Gasteiger charge is -2.08. The molecule has 2 aromatic heterocycles. The standard InChI is InChI=1S/C13H10Cl2N4/c1-7-2-5-10-12(17-7)19(13(16)18-10)11-6-8(14)3-4-9(11)15/h2-6H,1H3,(H2,16,18). The monoisotopic (exact) mass is 292 g/mol. The summed E-state index contributed by atoms with van der Waals surface area (Å²) >= 11 is 12.2. The molecule has 0 unspecified atom stereocenters. The number of aryl methyl sites for hydroxylation is 1. The third-order valence-corrected chi connectivity index (χ3v) is 3.37. The van der Waals surface area contributed by atoms with Crippen molar-refractivity contribution in [2.75, 3.05) is 5.73 Å². The minimum Gasteiger partial charge on any atom is -0.369 e. The van der Waals surface area contributed by atoms with Gasteiger partial charge in [0.1, 0.15) is 5.52 Å². The van der Waals surface area contributed by atoms with E-state index in [2.05, 4.69) is 9.97 Å². The van der Waals surface area contributed by atoms with Crippen LogP contribution in [-0.2, 0) is 0 Å². The maximum Gasteiger partial charge on any atom is 0.207 e. The Labute approximate surface area is 119 Å². The summed E-state index contributed by atoms with van der Waals surface area (Å²) in [7, 11) is 0. The average Bonchev–Trinajstić information content (AvgIpc) is 2.68. The largest absolute Gasteiger partial charge is 0.369 e. The van der Waals surface area contributed by atoms with Gasteiger partial charge in [0.15, 0.2) is 5.65 Å². The lowest BCUT2D eigenvalue weighted by Crippen LogP contribution is -2.02. The number of pyridine rings is 1. The Morgan fingerprint density at radius 3 is 2.68 bits per heavy atom. The highest BCUT2D eigenvalue weighted by atomic mass is 35.5. The van der Waals surface area contributed by atoms with Crippen molar-refractivity contribution in [2.45, 2.75) is 6.92 Å². The number of halogens is 2. The normalized spacial score (nSPS) is 11.1. The summed E-state index contributed by atoms with van der Waals surface area (Å²) in [6.45, 7) is 1.91. The van der Waals surface area contributed by atoms with Gasteiger partial charge in [0, 0.05) is 10.7 Å². The van der Waals surface area contributed by atoms with E-state index in [1.807, 2.05) is 19.1 Å². The Hall–Kier alpha value is -1.78. The molecule has 1 aromatic carbocycles. The molecule has 0 aliphatic heterocycles. The highest BCUT2D eigenvalue weighted by Gasteiger charge is 2.14. The second-order valence-electron chi connectivity index (χ2n) is 4.20. The summed E-state index contributed by atoms with van der Waals surface area (Å²) in [5.74, 6) is 0.331. The van der Waals surface area contributed by atoms with Gasteiger partial charge in [-0.1, -0.05) is 23.2 Å². The first-order valence-corrected chi connectivity index (χ1v) is 6.39. The van der Waals surface area contributed by atoms with Crippen molar-refractivity contribution in [3.63, 3.8) is 0 Å². The number of anilines is 1. The molecule has 2 N–H and O–H groups in total. The summed E-state index contributed by atoms with van der Waals surface area (Å²) in [5, 5.41) is 1.12. The van der Waals surface area contributed by atoms with Gasteiger partial charge in [-0.3, -0.25) is 4.57 Å². The molecule has 0 fully saturated rings. The van der Waals surface area contributed by atoms with E-state index in [1.54, 1.807) is 22.8 Å². The van der Waals surface area contributed by atoms with Crippen molar-refractivity contribution in [1.82, 2.24) is 14.5 Å². The molecule has 96 valence electrons. The topological polar surface area (TPSA) is 56.7 Å². The van der Waals surface area contributed by atoms with Crippen LogP contribution in [0.3, 0.4) is 0 Å². The molecule has 0 saturated carbocycles. The molecule has 0 aliphatic carbocycles. The maximum absolute atomic E-state index is 6.21. The van der Waals surface area contributed by atoms with Crippen LogP contribution in [0.4, 0.5) is 5.95 Å². The van der Waals surface area contributed by atoms with Gasteiger partial charge in [-0.15, -0.1) is 0 Å². The molecule has 6 heteroatoms. The fourth-order valence-electron chi connectivity index (χ4n) is 1.96. The molecule has 0 spiro atoms. The van der Waals surface area contributed by atoms with E-state index in [0.29, 0.717) is 27.3 Å². The number of nitrogens with zero attached hydrogens (tertiary/aromatic N) is 3. The van der Waals surface area contributed by atoms with Gasteiger partial charge < -0.3 is 5.73 Å². The third kappa shape index (κ3) is 2.03. The quantitative estimate of drug-likeness (QED) is 0.745. The Bertz CT molecular complexity index is 780. The predicted molar refractivity (Wildman–Crippen MR) is 78.0 cm³/mol. The van der Waals surface area contributed by atoms with Gasteiger partial charge in [0.2, 0.25) is 5.95 Å². The number of fused-ring (bicyclic) bond motifs is 1. The summed E-state index contributed by atoms with van der Waals surface area (Å²) in [6.07, 6.45) is 0. The van der Waals surface area contributed by atoms with E-state index >= 15 is 0 Å². The first kappa shape index (κ1) is 12.3. The highest BCUT2D eigenvalue weighted by molar-refractivity contribution is 6.34. The molecule has 0 atom stereocenters. The van der Waals surface area contributed by atoms with Gasteiger partial charge in [-0.25, -0.2) is 9.97 Å². The number of nitrogen functional groups attached to an aromatic ring is 1. The van der Waals surface area contributed by atoms with Crippen molar-refractivity contribution >= 4 is 40.3 Å². The van der Waals surface area contributed by atoms with Gasteiger partial charge in [-0.2, -0.15) is 0 Å². The molecule has 0 bridgehead atoms. The third-order valence-electron chi connectivity index (χ3n) is 2.82. The van der Waals surface area contributed by atoms with Crippen molar-refractivity contribution in [2.24, 2.45) is 0 Å². The SMILES string of the molecule is Cc1ccc2nc(N)n(-c3cc(Cl)ccc3Cl)c2n1. The first-order chi connectivity index (χ1) is 9.06. The van der Waals surface area contributed by atoms with Gasteiger partial charge in [0.05, 0.1) is 10.7 Å². The molecule has 0 saturated heterocycles. The molecule has 0 amide bonds. The van der Waals surface area contributed by atoms with Crippen molar-refractivity contribution in [3.05, 3.63) is 46.1 Å². The molecule has 0 aliphatic rings. The van der Waals surface area contributed by atoms with Crippen molar-refractivity contribution < 1.29 is 0 Å². The van der Waals surface area contributed by atoms with E-state index in [9.17, 15) is 0 Å². The second kappa shape index (κ2) is 4.40. The van der Waals surface area contributed by atoms with Gasteiger partial charge >= 0.3 is 0 Å². The zero-order valence-corrected chi connectivity index (χ0v) is 11.6. The Balaban J connectivity index is 2.38. The number of hydrogen-bond donors (Lipinski definition) is 1. The number of imidazole rings is 1. The Morgan fingerprint density at radius 2 is 1.89 bits per heavy atom.